The quantitative estimate of drug-likeness (QED) is 0.0826. The Labute approximate surface area is 232 Å². The van der Waals surface area contributed by atoms with Crippen LogP contribution in [-0.4, -0.2) is 102 Å². The summed E-state index contributed by atoms with van der Waals surface area (Å²) < 4.78 is 0. The number of thiol groups is 1. The summed E-state index contributed by atoms with van der Waals surface area (Å²) in [7, 11) is 0. The summed E-state index contributed by atoms with van der Waals surface area (Å²) in [5.41, 5.74) is 6.93. The lowest BCUT2D eigenvalue weighted by molar-refractivity contribution is -0.141. The van der Waals surface area contributed by atoms with Crippen LogP contribution < -0.4 is 27.0 Å². The number of carbonyl (C=O) groups is 6. The molecule has 2 aromatic rings. The highest BCUT2D eigenvalue weighted by molar-refractivity contribution is 7.80. The van der Waals surface area contributed by atoms with Crippen LogP contribution in [0.1, 0.15) is 24.2 Å². The van der Waals surface area contributed by atoms with Crippen molar-refractivity contribution in [2.75, 3.05) is 12.3 Å². The summed E-state index contributed by atoms with van der Waals surface area (Å²) in [6, 6.07) is -4.98. The molecule has 17 nitrogen and oxygen atoms in total. The van der Waals surface area contributed by atoms with Gasteiger partial charge in [-0.2, -0.15) is 12.6 Å². The number of H-pyrrole nitrogens is 2. The van der Waals surface area contributed by atoms with Crippen molar-refractivity contribution in [1.82, 2.24) is 41.2 Å². The fraction of sp³-hybridized carbons (Fsp3) is 0.455. The third kappa shape index (κ3) is 10.7. The molecule has 0 spiro atoms. The average Bonchev–Trinajstić information content (AvgIpc) is 3.61. The van der Waals surface area contributed by atoms with E-state index in [1.807, 2.05) is 0 Å². The number of hydrogen-bond acceptors (Lipinski definition) is 10. The molecule has 0 aromatic carbocycles. The number of nitrogens with two attached hydrogens (primary N) is 1. The molecule has 0 bridgehead atoms. The lowest BCUT2D eigenvalue weighted by Gasteiger charge is -2.23. The summed E-state index contributed by atoms with van der Waals surface area (Å²) in [5.74, 6) is -5.95. The average molecular weight is 582 g/mol. The number of carboxylic acids is 2. The van der Waals surface area contributed by atoms with Crippen LogP contribution in [0.3, 0.4) is 0 Å². The molecule has 0 aliphatic rings. The molecule has 4 atom stereocenters. The zero-order valence-corrected chi connectivity index (χ0v) is 22.0. The summed E-state index contributed by atoms with van der Waals surface area (Å²) in [6.45, 7) is -0.604. The predicted molar refractivity (Wildman–Crippen MR) is 140 cm³/mol. The van der Waals surface area contributed by atoms with Crippen molar-refractivity contribution < 1.29 is 39.0 Å². The van der Waals surface area contributed by atoms with Gasteiger partial charge in [-0.1, -0.05) is 0 Å². The lowest BCUT2D eigenvalue weighted by Crippen LogP contribution is -2.57. The van der Waals surface area contributed by atoms with Crippen LogP contribution >= 0.6 is 12.6 Å². The van der Waals surface area contributed by atoms with Gasteiger partial charge in [-0.15, -0.1) is 0 Å². The molecule has 0 aliphatic heterocycles. The molecule has 4 amide bonds. The Morgan fingerprint density at radius 1 is 0.850 bits per heavy atom. The van der Waals surface area contributed by atoms with Gasteiger partial charge in [-0.05, 0) is 6.42 Å². The van der Waals surface area contributed by atoms with E-state index in [9.17, 15) is 33.9 Å². The van der Waals surface area contributed by atoms with Gasteiger partial charge in [0.05, 0.1) is 25.2 Å². The number of hydrogen-bond donors (Lipinski definition) is 10. The molecule has 10 N–H and O–H groups in total. The minimum absolute atomic E-state index is 0.0701. The summed E-state index contributed by atoms with van der Waals surface area (Å²) >= 11 is 4.04. The second-order valence-electron chi connectivity index (χ2n) is 8.58. The van der Waals surface area contributed by atoms with Crippen molar-refractivity contribution in [2.24, 2.45) is 5.73 Å². The number of rotatable bonds is 17. The summed E-state index contributed by atoms with van der Waals surface area (Å²) in [4.78, 5) is 85.9. The fourth-order valence-corrected chi connectivity index (χ4v) is 3.62. The number of aliphatic carboxylic acids is 2. The van der Waals surface area contributed by atoms with Gasteiger partial charge in [0.15, 0.2) is 0 Å². The maximum Gasteiger partial charge on any atom is 0.326 e. The van der Waals surface area contributed by atoms with Crippen molar-refractivity contribution in [3.63, 3.8) is 0 Å². The second-order valence-corrected chi connectivity index (χ2v) is 8.95. The summed E-state index contributed by atoms with van der Waals surface area (Å²) in [6.07, 6.45) is 4.89. The number of nitrogens with one attached hydrogen (secondary N) is 6. The first-order valence-electron chi connectivity index (χ1n) is 11.9. The molecule has 40 heavy (non-hydrogen) atoms. The largest absolute Gasteiger partial charge is 0.481 e. The fourth-order valence-electron chi connectivity index (χ4n) is 3.36. The Balaban J connectivity index is 1.93. The molecule has 2 heterocycles. The van der Waals surface area contributed by atoms with Crippen LogP contribution in [0.2, 0.25) is 0 Å². The van der Waals surface area contributed by atoms with Gasteiger partial charge < -0.3 is 47.2 Å². The van der Waals surface area contributed by atoms with E-state index in [-0.39, 0.29) is 25.0 Å². The van der Waals surface area contributed by atoms with E-state index >= 15 is 0 Å². The monoisotopic (exact) mass is 581 g/mol. The maximum atomic E-state index is 12.9. The van der Waals surface area contributed by atoms with Crippen LogP contribution in [0, 0.1) is 0 Å². The van der Waals surface area contributed by atoms with Crippen molar-refractivity contribution >= 4 is 48.2 Å². The molecular weight excluding hydrogens is 550 g/mol. The highest BCUT2D eigenvalue weighted by Gasteiger charge is 2.29. The Bertz CT molecular complexity index is 1160. The Kier molecular flexibility index (Phi) is 12.6. The van der Waals surface area contributed by atoms with E-state index in [1.54, 1.807) is 0 Å². The first kappa shape index (κ1) is 31.8. The van der Waals surface area contributed by atoms with E-state index < -0.39 is 72.7 Å². The van der Waals surface area contributed by atoms with Crippen molar-refractivity contribution in [3.05, 3.63) is 36.4 Å². The van der Waals surface area contributed by atoms with Crippen molar-refractivity contribution in [2.45, 2.75) is 49.9 Å². The van der Waals surface area contributed by atoms with Gasteiger partial charge in [0, 0.05) is 48.8 Å². The number of aromatic amines is 2. The van der Waals surface area contributed by atoms with Crippen LogP contribution in [-0.2, 0) is 41.6 Å². The van der Waals surface area contributed by atoms with Crippen molar-refractivity contribution in [1.29, 1.82) is 0 Å². The second kappa shape index (κ2) is 15.8. The minimum Gasteiger partial charge on any atom is -0.481 e. The van der Waals surface area contributed by atoms with E-state index in [0.717, 1.165) is 0 Å². The van der Waals surface area contributed by atoms with Gasteiger partial charge in [0.25, 0.3) is 0 Å². The van der Waals surface area contributed by atoms with Gasteiger partial charge in [-0.3, -0.25) is 24.0 Å². The van der Waals surface area contributed by atoms with Gasteiger partial charge >= 0.3 is 11.9 Å². The van der Waals surface area contributed by atoms with E-state index in [4.69, 9.17) is 10.8 Å². The SMILES string of the molecule is NC(Cc1cnc[nH]1)C(=O)NC(CCC(=O)O)C(=O)NC(CS)C(=O)NCC(=O)NC(Cc1cnc[nH]1)C(=O)O. The first-order valence-corrected chi connectivity index (χ1v) is 12.6. The molecule has 0 saturated carbocycles. The Morgan fingerprint density at radius 3 is 1.98 bits per heavy atom. The molecule has 2 rings (SSSR count). The molecule has 0 radical (unpaired) electrons. The van der Waals surface area contributed by atoms with Crippen LogP contribution in [0.15, 0.2) is 25.0 Å². The third-order valence-electron chi connectivity index (χ3n) is 5.46. The number of carboxylic acid groups (broad SMARTS) is 2. The maximum absolute atomic E-state index is 12.9. The number of nitrogens with zero attached hydrogens (tertiary/aromatic N) is 2. The number of amides is 4. The zero-order valence-electron chi connectivity index (χ0n) is 21.1. The molecule has 0 fully saturated rings. The standard InChI is InChI=1S/C22H31N9O8S/c23-13(3-11-5-24-9-27-11)19(35)30-14(1-2-18(33)34)21(37)31-16(8-40)20(36)26-7-17(32)29-15(22(38)39)4-12-6-25-10-28-12/h5-6,9-10,13-16,40H,1-4,7-8,23H2,(H,24,27)(H,25,28)(H,26,36)(H,29,32)(H,30,35)(H,31,37)(H,33,34)(H,38,39). The number of aromatic nitrogens is 4. The van der Waals surface area contributed by atoms with Gasteiger partial charge in [-0.25, -0.2) is 14.8 Å². The number of carbonyl (C=O) groups excluding carboxylic acids is 4. The predicted octanol–water partition coefficient (Wildman–Crippen LogP) is -3.30. The summed E-state index contributed by atoms with van der Waals surface area (Å²) in [5, 5.41) is 27.7. The van der Waals surface area contributed by atoms with E-state index in [1.165, 1.54) is 25.0 Å². The highest BCUT2D eigenvalue weighted by atomic mass is 32.1. The lowest BCUT2D eigenvalue weighted by atomic mass is 10.1. The third-order valence-corrected chi connectivity index (χ3v) is 5.83. The molecular formula is C22H31N9O8S. The van der Waals surface area contributed by atoms with Crippen molar-refractivity contribution in [3.8, 4) is 0 Å². The topological polar surface area (TPSA) is 274 Å². The van der Waals surface area contributed by atoms with Gasteiger partial charge in [0.1, 0.15) is 18.1 Å². The molecule has 18 heteroatoms. The molecule has 0 aliphatic carbocycles. The van der Waals surface area contributed by atoms with Crippen LogP contribution in [0.25, 0.3) is 0 Å². The molecule has 2 aromatic heterocycles. The van der Waals surface area contributed by atoms with Gasteiger partial charge in [0.2, 0.25) is 23.6 Å². The molecule has 0 saturated heterocycles. The highest BCUT2D eigenvalue weighted by Crippen LogP contribution is 2.03. The Morgan fingerprint density at radius 2 is 1.45 bits per heavy atom. The number of imidazole rings is 2. The van der Waals surface area contributed by atoms with E-state index in [0.29, 0.717) is 11.4 Å². The van der Waals surface area contributed by atoms with Crippen LogP contribution in [0.5, 0.6) is 0 Å². The van der Waals surface area contributed by atoms with E-state index in [2.05, 4.69) is 53.8 Å². The smallest absolute Gasteiger partial charge is 0.326 e. The minimum atomic E-state index is -1.34. The normalized spacial score (nSPS) is 13.8. The van der Waals surface area contributed by atoms with Crippen LogP contribution in [0.4, 0.5) is 0 Å². The molecule has 4 unspecified atom stereocenters. The molecule has 218 valence electrons. The zero-order chi connectivity index (χ0) is 29.7. The first-order chi connectivity index (χ1) is 19.0. The Hall–Kier alpha value is -4.45.